The number of hydrogen-bond acceptors (Lipinski definition) is 2. The lowest BCUT2D eigenvalue weighted by atomic mass is 9.76. The summed E-state index contributed by atoms with van der Waals surface area (Å²) in [5.74, 6) is 0. The Bertz CT molecular complexity index is 463. The molecule has 1 aromatic rings. The molecule has 4 heteroatoms. The molecule has 1 saturated heterocycles. The summed E-state index contributed by atoms with van der Waals surface area (Å²) in [6.45, 7) is 12.3. The zero-order valence-electron chi connectivity index (χ0n) is 12.0. The van der Waals surface area contributed by atoms with Crippen LogP contribution in [0.2, 0.25) is 0 Å². The third kappa shape index (κ3) is 3.12. The molecule has 0 bridgehead atoms. The van der Waals surface area contributed by atoms with E-state index in [1.54, 1.807) is 0 Å². The number of rotatable bonds is 3. The van der Waals surface area contributed by atoms with Crippen molar-refractivity contribution in [2.45, 2.75) is 45.3 Å². The van der Waals surface area contributed by atoms with Gasteiger partial charge in [0.1, 0.15) is 0 Å². The highest BCUT2D eigenvalue weighted by atomic mass is 79.9. The van der Waals surface area contributed by atoms with Gasteiger partial charge in [0.15, 0.2) is 0 Å². The molecule has 19 heavy (non-hydrogen) atoms. The van der Waals surface area contributed by atoms with Crippen molar-refractivity contribution in [1.29, 1.82) is 0 Å². The maximum atomic E-state index is 5.99. The highest BCUT2D eigenvalue weighted by Crippen LogP contribution is 2.38. The number of halogens is 1. The molecule has 0 atom stereocenters. The van der Waals surface area contributed by atoms with E-state index in [2.05, 4.69) is 62.3 Å². The van der Waals surface area contributed by atoms with E-state index in [1.165, 1.54) is 5.56 Å². The molecule has 0 aromatic heterocycles. The van der Waals surface area contributed by atoms with E-state index in [0.29, 0.717) is 0 Å². The summed E-state index contributed by atoms with van der Waals surface area (Å²) in [6.07, 6.45) is 0.768. The molecule has 2 nitrogen and oxygen atoms in total. The quantitative estimate of drug-likeness (QED) is 0.777. The van der Waals surface area contributed by atoms with Crippen LogP contribution in [0.15, 0.2) is 40.8 Å². The van der Waals surface area contributed by atoms with Crippen molar-refractivity contribution >= 4 is 23.0 Å². The summed E-state index contributed by atoms with van der Waals surface area (Å²) >= 11 is 3.44. The SMILES string of the molecule is C=C(Cc1ccc(Br)cc1)B1OC(C)(C)C(C)(C)O1. The Morgan fingerprint density at radius 3 is 2.05 bits per heavy atom. The molecule has 0 aliphatic carbocycles. The molecule has 102 valence electrons. The second-order valence-corrected chi connectivity index (χ2v) is 6.97. The molecule has 1 heterocycles. The van der Waals surface area contributed by atoms with Crippen molar-refractivity contribution in [3.8, 4) is 0 Å². The molecule has 0 saturated carbocycles. The fourth-order valence-corrected chi connectivity index (χ4v) is 2.22. The number of allylic oxidation sites excluding steroid dienone is 1. The lowest BCUT2D eigenvalue weighted by Crippen LogP contribution is -2.41. The fourth-order valence-electron chi connectivity index (χ4n) is 1.96. The van der Waals surface area contributed by atoms with Gasteiger partial charge in [-0.2, -0.15) is 0 Å². The van der Waals surface area contributed by atoms with Crippen LogP contribution in [0.3, 0.4) is 0 Å². The molecule has 1 fully saturated rings. The first-order chi connectivity index (χ1) is 8.71. The summed E-state index contributed by atoms with van der Waals surface area (Å²) < 4.78 is 13.1. The van der Waals surface area contributed by atoms with Gasteiger partial charge in [-0.15, -0.1) is 6.58 Å². The third-order valence-electron chi connectivity index (χ3n) is 3.93. The molecule has 0 radical (unpaired) electrons. The normalized spacial score (nSPS) is 20.6. The van der Waals surface area contributed by atoms with Gasteiger partial charge in [-0.05, 0) is 57.3 Å². The van der Waals surface area contributed by atoms with Crippen LogP contribution in [0.4, 0.5) is 0 Å². The third-order valence-corrected chi connectivity index (χ3v) is 4.46. The van der Waals surface area contributed by atoms with E-state index in [1.807, 2.05) is 12.1 Å². The summed E-state index contributed by atoms with van der Waals surface area (Å²) in [5.41, 5.74) is 1.56. The second kappa shape index (κ2) is 5.08. The van der Waals surface area contributed by atoms with Gasteiger partial charge in [-0.3, -0.25) is 0 Å². The van der Waals surface area contributed by atoms with Crippen molar-refractivity contribution in [3.63, 3.8) is 0 Å². The zero-order chi connectivity index (χ0) is 14.3. The van der Waals surface area contributed by atoms with E-state index in [0.717, 1.165) is 16.4 Å². The van der Waals surface area contributed by atoms with Crippen LogP contribution in [0.1, 0.15) is 33.3 Å². The van der Waals surface area contributed by atoms with Gasteiger partial charge in [-0.25, -0.2) is 0 Å². The summed E-state index contributed by atoms with van der Waals surface area (Å²) in [7, 11) is -0.325. The van der Waals surface area contributed by atoms with Crippen LogP contribution in [-0.4, -0.2) is 18.3 Å². The summed E-state index contributed by atoms with van der Waals surface area (Å²) in [5, 5.41) is 0. The summed E-state index contributed by atoms with van der Waals surface area (Å²) in [6, 6.07) is 8.24. The zero-order valence-corrected chi connectivity index (χ0v) is 13.6. The van der Waals surface area contributed by atoms with Crippen molar-refractivity contribution in [3.05, 3.63) is 46.4 Å². The fraction of sp³-hybridized carbons (Fsp3) is 0.467. The van der Waals surface area contributed by atoms with Gasteiger partial charge in [0, 0.05) is 4.47 Å². The van der Waals surface area contributed by atoms with Crippen molar-refractivity contribution in [1.82, 2.24) is 0 Å². The predicted molar refractivity (Wildman–Crippen MR) is 83.1 cm³/mol. The Morgan fingerprint density at radius 1 is 1.11 bits per heavy atom. The maximum Gasteiger partial charge on any atom is 0.490 e. The molecule has 2 rings (SSSR count). The second-order valence-electron chi connectivity index (χ2n) is 6.05. The Morgan fingerprint density at radius 2 is 1.58 bits per heavy atom. The van der Waals surface area contributed by atoms with E-state index >= 15 is 0 Å². The molecule has 0 N–H and O–H groups in total. The Balaban J connectivity index is 2.04. The van der Waals surface area contributed by atoms with Crippen molar-refractivity contribution in [2.24, 2.45) is 0 Å². The maximum absolute atomic E-state index is 5.99. The molecule has 0 spiro atoms. The number of hydrogen-bond donors (Lipinski definition) is 0. The highest BCUT2D eigenvalue weighted by Gasteiger charge is 2.51. The first-order valence-corrected chi connectivity index (χ1v) is 7.28. The van der Waals surface area contributed by atoms with Crippen LogP contribution in [-0.2, 0) is 15.7 Å². The van der Waals surface area contributed by atoms with Gasteiger partial charge >= 0.3 is 7.12 Å². The molecule has 1 aliphatic heterocycles. The van der Waals surface area contributed by atoms with Gasteiger partial charge in [0.2, 0.25) is 0 Å². The lowest BCUT2D eigenvalue weighted by Gasteiger charge is -2.32. The monoisotopic (exact) mass is 322 g/mol. The van der Waals surface area contributed by atoms with Gasteiger partial charge in [-0.1, -0.05) is 28.1 Å². The van der Waals surface area contributed by atoms with Crippen LogP contribution < -0.4 is 0 Å². The van der Waals surface area contributed by atoms with Gasteiger partial charge in [0.25, 0.3) is 0 Å². The molecule has 0 unspecified atom stereocenters. The van der Waals surface area contributed by atoms with Crippen molar-refractivity contribution in [2.75, 3.05) is 0 Å². The van der Waals surface area contributed by atoms with Crippen LogP contribution in [0, 0.1) is 0 Å². The predicted octanol–water partition coefficient (Wildman–Crippen LogP) is 4.18. The Labute approximate surface area is 124 Å². The first-order valence-electron chi connectivity index (χ1n) is 6.49. The Hall–Kier alpha value is -0.575. The van der Waals surface area contributed by atoms with Crippen LogP contribution in [0.5, 0.6) is 0 Å². The van der Waals surface area contributed by atoms with E-state index < -0.39 is 0 Å². The van der Waals surface area contributed by atoms with E-state index in [4.69, 9.17) is 9.31 Å². The largest absolute Gasteiger partial charge is 0.490 e. The summed E-state index contributed by atoms with van der Waals surface area (Å²) in [4.78, 5) is 0. The Kier molecular flexibility index (Phi) is 3.96. The minimum atomic E-state index is -0.325. The topological polar surface area (TPSA) is 18.5 Å². The highest BCUT2D eigenvalue weighted by molar-refractivity contribution is 9.10. The molecule has 1 aliphatic rings. The van der Waals surface area contributed by atoms with E-state index in [9.17, 15) is 0 Å². The minimum absolute atomic E-state index is 0.305. The standard InChI is InChI=1S/C15H20BBrO2/c1-11(10-12-6-8-13(17)9-7-12)16-18-14(2,3)15(4,5)19-16/h6-9H,1,10H2,2-5H3. The molecule has 0 amide bonds. The lowest BCUT2D eigenvalue weighted by molar-refractivity contribution is 0.00578. The molecular formula is C15H20BBrO2. The first kappa shape index (κ1) is 14.8. The smallest absolute Gasteiger partial charge is 0.400 e. The average Bonchev–Trinajstić information content (AvgIpc) is 2.51. The molecule has 1 aromatic carbocycles. The van der Waals surface area contributed by atoms with Crippen LogP contribution in [0.25, 0.3) is 0 Å². The van der Waals surface area contributed by atoms with E-state index in [-0.39, 0.29) is 18.3 Å². The van der Waals surface area contributed by atoms with Gasteiger partial charge < -0.3 is 9.31 Å². The van der Waals surface area contributed by atoms with Gasteiger partial charge in [0.05, 0.1) is 11.2 Å². The van der Waals surface area contributed by atoms with Crippen LogP contribution >= 0.6 is 15.9 Å². The average molecular weight is 323 g/mol. The minimum Gasteiger partial charge on any atom is -0.400 e. The molecular weight excluding hydrogens is 303 g/mol. The van der Waals surface area contributed by atoms with Crippen molar-refractivity contribution < 1.29 is 9.31 Å². The number of benzene rings is 1.